The molecule has 3 heterocycles. The first-order valence-electron chi connectivity index (χ1n) is 12.9. The van der Waals surface area contributed by atoms with Gasteiger partial charge in [-0.3, -0.25) is 14.7 Å². The molecular weight excluding hydrogens is 515 g/mol. The summed E-state index contributed by atoms with van der Waals surface area (Å²) >= 11 is 0. The van der Waals surface area contributed by atoms with Crippen molar-refractivity contribution in [2.75, 3.05) is 78.5 Å². The van der Waals surface area contributed by atoms with E-state index in [4.69, 9.17) is 4.99 Å². The number of hydrogen-bond donors (Lipinski definition) is 1. The highest BCUT2D eigenvalue weighted by Gasteiger charge is 2.24. The molecule has 0 bridgehead atoms. The first kappa shape index (κ1) is 27.6. The molecule has 1 amide bonds. The maximum absolute atomic E-state index is 12.7. The first-order valence-corrected chi connectivity index (χ1v) is 12.9. The SMILES string of the molecule is CCNC(=NCCC1CCN(CC)CC1)N1CCN(CC(=O)N2CCCCCC2)CC1.I. The van der Waals surface area contributed by atoms with Gasteiger partial charge < -0.3 is 20.0 Å². The van der Waals surface area contributed by atoms with Crippen molar-refractivity contribution in [3.8, 4) is 0 Å². The fourth-order valence-electron chi connectivity index (χ4n) is 5.10. The number of rotatable bonds is 7. The summed E-state index contributed by atoms with van der Waals surface area (Å²) in [6, 6.07) is 0. The number of guanidine groups is 1. The summed E-state index contributed by atoms with van der Waals surface area (Å²) in [4.78, 5) is 27.0. The van der Waals surface area contributed by atoms with Gasteiger partial charge in [0.1, 0.15) is 0 Å². The summed E-state index contributed by atoms with van der Waals surface area (Å²) in [5, 5.41) is 3.49. The maximum Gasteiger partial charge on any atom is 0.236 e. The second-order valence-electron chi connectivity index (χ2n) is 9.46. The van der Waals surface area contributed by atoms with Gasteiger partial charge in [-0.15, -0.1) is 24.0 Å². The van der Waals surface area contributed by atoms with Gasteiger partial charge in [0.2, 0.25) is 5.91 Å². The Morgan fingerprint density at radius 1 is 0.844 bits per heavy atom. The molecule has 3 fully saturated rings. The van der Waals surface area contributed by atoms with Crippen molar-refractivity contribution in [3.63, 3.8) is 0 Å². The molecule has 3 rings (SSSR count). The molecule has 3 saturated heterocycles. The summed E-state index contributed by atoms with van der Waals surface area (Å²) in [5.41, 5.74) is 0. The van der Waals surface area contributed by atoms with E-state index in [-0.39, 0.29) is 24.0 Å². The Morgan fingerprint density at radius 3 is 2.09 bits per heavy atom. The summed E-state index contributed by atoms with van der Waals surface area (Å²) < 4.78 is 0. The van der Waals surface area contributed by atoms with Gasteiger partial charge in [0, 0.05) is 52.4 Å². The molecule has 0 radical (unpaired) electrons. The molecule has 3 aliphatic heterocycles. The molecule has 7 nitrogen and oxygen atoms in total. The van der Waals surface area contributed by atoms with E-state index < -0.39 is 0 Å². The summed E-state index contributed by atoms with van der Waals surface area (Å²) in [5.74, 6) is 2.22. The van der Waals surface area contributed by atoms with Crippen molar-refractivity contribution in [2.24, 2.45) is 10.9 Å². The van der Waals surface area contributed by atoms with Crippen LogP contribution in [0, 0.1) is 5.92 Å². The predicted octanol–water partition coefficient (Wildman–Crippen LogP) is 2.71. The van der Waals surface area contributed by atoms with Gasteiger partial charge in [-0.05, 0) is 64.6 Å². The van der Waals surface area contributed by atoms with E-state index in [0.717, 1.165) is 64.2 Å². The van der Waals surface area contributed by atoms with Gasteiger partial charge in [-0.1, -0.05) is 19.8 Å². The number of halogens is 1. The largest absolute Gasteiger partial charge is 0.357 e. The molecule has 0 aliphatic carbocycles. The minimum absolute atomic E-state index is 0. The van der Waals surface area contributed by atoms with Crippen LogP contribution in [0.3, 0.4) is 0 Å². The van der Waals surface area contributed by atoms with Gasteiger partial charge >= 0.3 is 0 Å². The second-order valence-corrected chi connectivity index (χ2v) is 9.46. The smallest absolute Gasteiger partial charge is 0.236 e. The number of likely N-dealkylation sites (tertiary alicyclic amines) is 2. The number of carbonyl (C=O) groups is 1. The van der Waals surface area contributed by atoms with Crippen LogP contribution < -0.4 is 5.32 Å². The summed E-state index contributed by atoms with van der Waals surface area (Å²) in [6.07, 6.45) is 8.73. The minimum Gasteiger partial charge on any atom is -0.357 e. The van der Waals surface area contributed by atoms with Crippen molar-refractivity contribution in [1.82, 2.24) is 24.9 Å². The molecule has 0 aromatic heterocycles. The monoisotopic (exact) mass is 562 g/mol. The van der Waals surface area contributed by atoms with E-state index in [9.17, 15) is 4.79 Å². The second kappa shape index (κ2) is 15.3. The van der Waals surface area contributed by atoms with Crippen LogP contribution in [0.2, 0.25) is 0 Å². The predicted molar refractivity (Wildman–Crippen MR) is 144 cm³/mol. The Kier molecular flexibility index (Phi) is 13.2. The number of carbonyl (C=O) groups excluding carboxylic acids is 1. The topological polar surface area (TPSA) is 54.4 Å². The first-order chi connectivity index (χ1) is 15.2. The molecule has 186 valence electrons. The zero-order valence-corrected chi connectivity index (χ0v) is 22.9. The Hall–Kier alpha value is -0.610. The van der Waals surface area contributed by atoms with Crippen molar-refractivity contribution in [2.45, 2.75) is 58.8 Å². The van der Waals surface area contributed by atoms with Crippen molar-refractivity contribution in [3.05, 3.63) is 0 Å². The average molecular weight is 563 g/mol. The van der Waals surface area contributed by atoms with Crippen LogP contribution in [0.1, 0.15) is 58.8 Å². The quantitative estimate of drug-likeness (QED) is 0.294. The molecule has 32 heavy (non-hydrogen) atoms. The zero-order valence-electron chi connectivity index (χ0n) is 20.6. The molecule has 0 atom stereocenters. The van der Waals surface area contributed by atoms with Crippen molar-refractivity contribution >= 4 is 35.8 Å². The van der Waals surface area contributed by atoms with E-state index in [2.05, 4.69) is 38.8 Å². The molecule has 8 heteroatoms. The maximum atomic E-state index is 12.7. The van der Waals surface area contributed by atoms with E-state index in [1.54, 1.807) is 0 Å². The van der Waals surface area contributed by atoms with E-state index >= 15 is 0 Å². The van der Waals surface area contributed by atoms with Gasteiger partial charge in [-0.25, -0.2) is 0 Å². The molecule has 0 aromatic rings. The van der Waals surface area contributed by atoms with Crippen LogP contribution in [0.25, 0.3) is 0 Å². The van der Waals surface area contributed by atoms with Crippen LogP contribution >= 0.6 is 24.0 Å². The van der Waals surface area contributed by atoms with E-state index in [1.807, 2.05) is 0 Å². The van der Waals surface area contributed by atoms with Crippen LogP contribution in [0.4, 0.5) is 0 Å². The third kappa shape index (κ3) is 8.97. The highest BCUT2D eigenvalue weighted by molar-refractivity contribution is 14.0. The number of aliphatic imine (C=N–C) groups is 1. The van der Waals surface area contributed by atoms with Crippen LogP contribution in [-0.4, -0.2) is 110 Å². The highest BCUT2D eigenvalue weighted by atomic mass is 127. The number of piperazine rings is 1. The standard InChI is InChI=1S/C24H46N6O.HI/c1-3-25-24(26-12-9-22-10-15-27(4-2)16-11-22)30-19-17-28(18-20-30)21-23(31)29-13-7-5-6-8-14-29;/h22H,3-21H2,1-2H3,(H,25,26);1H. The fraction of sp³-hybridized carbons (Fsp3) is 0.917. The van der Waals surface area contributed by atoms with E-state index in [1.165, 1.54) is 64.6 Å². The van der Waals surface area contributed by atoms with Gasteiger partial charge in [0.05, 0.1) is 6.54 Å². The number of hydrogen-bond acceptors (Lipinski definition) is 4. The number of nitrogens with zero attached hydrogens (tertiary/aromatic N) is 5. The average Bonchev–Trinajstić information content (AvgIpc) is 3.09. The van der Waals surface area contributed by atoms with Crippen LogP contribution in [0.15, 0.2) is 4.99 Å². The lowest BCUT2D eigenvalue weighted by Gasteiger charge is -2.37. The Morgan fingerprint density at radius 2 is 1.50 bits per heavy atom. The van der Waals surface area contributed by atoms with Gasteiger partial charge in [0.25, 0.3) is 0 Å². The number of piperidine rings is 1. The zero-order chi connectivity index (χ0) is 21.9. The third-order valence-electron chi connectivity index (χ3n) is 7.28. The molecule has 0 saturated carbocycles. The lowest BCUT2D eigenvalue weighted by Crippen LogP contribution is -2.54. The van der Waals surface area contributed by atoms with Crippen molar-refractivity contribution < 1.29 is 4.79 Å². The van der Waals surface area contributed by atoms with E-state index in [0.29, 0.717) is 12.5 Å². The highest BCUT2D eigenvalue weighted by Crippen LogP contribution is 2.20. The number of amides is 1. The Bertz CT molecular complexity index is 551. The molecule has 0 spiro atoms. The Balaban J connectivity index is 0.00000363. The molecule has 3 aliphatic rings. The fourth-order valence-corrected chi connectivity index (χ4v) is 5.10. The lowest BCUT2D eigenvalue weighted by molar-refractivity contribution is -0.132. The van der Waals surface area contributed by atoms with Gasteiger partial charge in [0.15, 0.2) is 5.96 Å². The van der Waals surface area contributed by atoms with Gasteiger partial charge in [-0.2, -0.15) is 0 Å². The number of nitrogens with one attached hydrogen (secondary N) is 1. The minimum atomic E-state index is 0. The molecule has 0 unspecified atom stereocenters. The van der Waals surface area contributed by atoms with Crippen LogP contribution in [-0.2, 0) is 4.79 Å². The van der Waals surface area contributed by atoms with Crippen molar-refractivity contribution in [1.29, 1.82) is 0 Å². The molecule has 0 aromatic carbocycles. The van der Waals surface area contributed by atoms with Crippen LogP contribution in [0.5, 0.6) is 0 Å². The summed E-state index contributed by atoms with van der Waals surface area (Å²) in [6.45, 7) is 16.2. The normalized spacial score (nSPS) is 22.4. The lowest BCUT2D eigenvalue weighted by atomic mass is 9.94. The molecular formula is C24H47IN6O. The Labute approximate surface area is 213 Å². The summed E-state index contributed by atoms with van der Waals surface area (Å²) in [7, 11) is 0. The third-order valence-corrected chi connectivity index (χ3v) is 7.28. The molecule has 1 N–H and O–H groups in total.